The molecular weight excluding hydrogens is 454 g/mol. The van der Waals surface area contributed by atoms with Crippen LogP contribution in [0.25, 0.3) is 10.9 Å². The zero-order valence-electron chi connectivity index (χ0n) is 16.7. The normalized spacial score (nSPS) is 11.8. The van der Waals surface area contributed by atoms with Gasteiger partial charge < -0.3 is 10.3 Å². The van der Waals surface area contributed by atoms with E-state index in [1.165, 1.54) is 22.9 Å². The summed E-state index contributed by atoms with van der Waals surface area (Å²) in [5.41, 5.74) is 0.279. The molecule has 0 saturated heterocycles. The molecule has 4 rings (SSSR count). The van der Waals surface area contributed by atoms with Crippen molar-refractivity contribution < 1.29 is 13.6 Å². The third kappa shape index (κ3) is 4.53. The van der Waals surface area contributed by atoms with Gasteiger partial charge in [0, 0.05) is 18.0 Å². The summed E-state index contributed by atoms with van der Waals surface area (Å²) in [4.78, 5) is 49.2. The van der Waals surface area contributed by atoms with Crippen molar-refractivity contribution in [3.05, 3.63) is 90.8 Å². The fourth-order valence-electron chi connectivity index (χ4n) is 3.27. The van der Waals surface area contributed by atoms with Crippen molar-refractivity contribution in [1.29, 1.82) is 5.26 Å². The number of hydrogen-bond donors (Lipinski definition) is 2. The number of H-pyrrole nitrogens is 1. The molecule has 1 atom stereocenters. The number of amides is 1. The minimum absolute atomic E-state index is 0.0190. The molecule has 0 aliphatic heterocycles. The van der Waals surface area contributed by atoms with E-state index in [0.29, 0.717) is 10.3 Å². The number of rotatable bonds is 6. The predicted octanol–water partition coefficient (Wildman–Crippen LogP) is 1.79. The number of hydrogen-bond acceptors (Lipinski definition) is 7. The van der Waals surface area contributed by atoms with Crippen LogP contribution >= 0.6 is 11.3 Å². The number of thiazole rings is 1. The van der Waals surface area contributed by atoms with E-state index < -0.39 is 34.8 Å². The molecular formula is C21H14F2N6O3S. The molecule has 1 aromatic carbocycles. The maximum absolute atomic E-state index is 14.1. The van der Waals surface area contributed by atoms with Crippen molar-refractivity contribution in [2.75, 3.05) is 0 Å². The maximum atomic E-state index is 14.1. The SMILES string of the molecule is N#Cc1cnc(CNC(=O)C(Cc2cscn2)n2c(=O)[nH]c3ccc(F)cc3c2=O)c(F)c1. The van der Waals surface area contributed by atoms with E-state index >= 15 is 0 Å². The van der Waals surface area contributed by atoms with Crippen LogP contribution in [-0.2, 0) is 17.8 Å². The topological polar surface area (TPSA) is 134 Å². The van der Waals surface area contributed by atoms with Crippen molar-refractivity contribution in [1.82, 2.24) is 24.8 Å². The monoisotopic (exact) mass is 468 g/mol. The second-order valence-electron chi connectivity index (χ2n) is 6.98. The first kappa shape index (κ1) is 22.0. The fraction of sp³-hybridized carbons (Fsp3) is 0.143. The van der Waals surface area contributed by atoms with Crippen LogP contribution in [0.3, 0.4) is 0 Å². The molecule has 0 fully saturated rings. The van der Waals surface area contributed by atoms with E-state index in [2.05, 4.69) is 20.3 Å². The van der Waals surface area contributed by atoms with Gasteiger partial charge in [-0.2, -0.15) is 5.26 Å². The van der Waals surface area contributed by atoms with Crippen LogP contribution in [0.15, 0.2) is 50.9 Å². The number of aromatic nitrogens is 4. The summed E-state index contributed by atoms with van der Waals surface area (Å²) in [5.74, 6) is -2.24. The molecule has 0 saturated carbocycles. The van der Waals surface area contributed by atoms with Crippen molar-refractivity contribution in [2.24, 2.45) is 0 Å². The first-order valence-corrected chi connectivity index (χ1v) is 10.4. The van der Waals surface area contributed by atoms with Gasteiger partial charge in [0.2, 0.25) is 5.91 Å². The predicted molar refractivity (Wildman–Crippen MR) is 114 cm³/mol. The molecule has 12 heteroatoms. The van der Waals surface area contributed by atoms with Gasteiger partial charge in [-0.1, -0.05) is 0 Å². The van der Waals surface area contributed by atoms with Crippen LogP contribution in [0.5, 0.6) is 0 Å². The smallest absolute Gasteiger partial charge is 0.329 e. The van der Waals surface area contributed by atoms with Crippen LogP contribution in [-0.4, -0.2) is 25.4 Å². The summed E-state index contributed by atoms with van der Waals surface area (Å²) in [6.45, 7) is -0.348. The zero-order chi connectivity index (χ0) is 23.5. The summed E-state index contributed by atoms with van der Waals surface area (Å²) in [6, 6.07) is 4.71. The Morgan fingerprint density at radius 2 is 2.09 bits per heavy atom. The molecule has 3 aromatic heterocycles. The van der Waals surface area contributed by atoms with Gasteiger partial charge in [0.1, 0.15) is 23.7 Å². The standard InChI is InChI=1S/C21H14F2N6O3S/c22-12-1-2-16-14(4-12)20(31)29(21(32)28-16)18(5-13-9-33-10-27-13)19(30)26-8-17-15(23)3-11(6-24)7-25-17/h1-4,7,9-10,18H,5,8H2,(H,26,30)(H,28,32). The summed E-state index contributed by atoms with van der Waals surface area (Å²) >= 11 is 1.27. The molecule has 0 spiro atoms. The Hall–Kier alpha value is -4.24. The minimum atomic E-state index is -1.35. The van der Waals surface area contributed by atoms with Gasteiger partial charge in [0.15, 0.2) is 0 Å². The van der Waals surface area contributed by atoms with Gasteiger partial charge in [-0.3, -0.25) is 14.6 Å². The highest BCUT2D eigenvalue weighted by Gasteiger charge is 2.26. The number of nitriles is 1. The van der Waals surface area contributed by atoms with E-state index in [0.717, 1.165) is 24.4 Å². The Morgan fingerprint density at radius 1 is 1.27 bits per heavy atom. The second-order valence-corrected chi connectivity index (χ2v) is 7.70. The van der Waals surface area contributed by atoms with Crippen molar-refractivity contribution in [3.8, 4) is 6.07 Å². The van der Waals surface area contributed by atoms with Crippen molar-refractivity contribution in [3.63, 3.8) is 0 Å². The summed E-state index contributed by atoms with van der Waals surface area (Å²) in [7, 11) is 0. The first-order chi connectivity index (χ1) is 15.9. The Labute approximate surface area is 188 Å². The van der Waals surface area contributed by atoms with Crippen molar-refractivity contribution in [2.45, 2.75) is 19.0 Å². The average Bonchev–Trinajstić information content (AvgIpc) is 3.31. The zero-order valence-corrected chi connectivity index (χ0v) is 17.5. The number of nitrogens with one attached hydrogen (secondary N) is 2. The van der Waals surface area contributed by atoms with Gasteiger partial charge in [0.25, 0.3) is 5.56 Å². The summed E-state index contributed by atoms with van der Waals surface area (Å²) in [6.07, 6.45) is 1.05. The Bertz CT molecular complexity index is 1510. The molecule has 0 radical (unpaired) electrons. The highest BCUT2D eigenvalue weighted by molar-refractivity contribution is 7.07. The van der Waals surface area contributed by atoms with Gasteiger partial charge in [-0.25, -0.2) is 23.1 Å². The maximum Gasteiger partial charge on any atom is 0.329 e. The van der Waals surface area contributed by atoms with Crippen molar-refractivity contribution >= 4 is 28.1 Å². The van der Waals surface area contributed by atoms with E-state index in [4.69, 9.17) is 5.26 Å². The summed E-state index contributed by atoms with van der Waals surface area (Å²) in [5, 5.41) is 12.8. The van der Waals surface area contributed by atoms with E-state index in [1.807, 2.05) is 0 Å². The third-order valence-electron chi connectivity index (χ3n) is 4.87. The van der Waals surface area contributed by atoms with Gasteiger partial charge in [-0.05, 0) is 24.3 Å². The number of pyridine rings is 1. The van der Waals surface area contributed by atoms with Gasteiger partial charge >= 0.3 is 5.69 Å². The molecule has 3 heterocycles. The van der Waals surface area contributed by atoms with Gasteiger partial charge in [0.05, 0.1) is 39.9 Å². The molecule has 0 aliphatic rings. The largest absolute Gasteiger partial charge is 0.349 e. The molecule has 9 nitrogen and oxygen atoms in total. The Morgan fingerprint density at radius 3 is 2.79 bits per heavy atom. The second kappa shape index (κ2) is 9.09. The highest BCUT2D eigenvalue weighted by atomic mass is 32.1. The average molecular weight is 468 g/mol. The number of carbonyl (C=O) groups excluding carboxylic acids is 1. The number of carbonyl (C=O) groups is 1. The quantitative estimate of drug-likeness (QED) is 0.443. The van der Waals surface area contributed by atoms with Crippen LogP contribution < -0.4 is 16.6 Å². The Balaban J connectivity index is 1.72. The van der Waals surface area contributed by atoms with E-state index in [-0.39, 0.29) is 35.1 Å². The lowest BCUT2D eigenvalue weighted by Gasteiger charge is -2.18. The Kier molecular flexibility index (Phi) is 6.05. The van der Waals surface area contributed by atoms with Crippen LogP contribution in [0.4, 0.5) is 8.78 Å². The first-order valence-electron chi connectivity index (χ1n) is 9.50. The number of benzene rings is 1. The highest BCUT2D eigenvalue weighted by Crippen LogP contribution is 2.15. The number of aromatic amines is 1. The van der Waals surface area contributed by atoms with Crippen LogP contribution in [0, 0.1) is 23.0 Å². The lowest BCUT2D eigenvalue weighted by Crippen LogP contribution is -2.45. The fourth-order valence-corrected chi connectivity index (χ4v) is 3.84. The van der Waals surface area contributed by atoms with E-state index in [9.17, 15) is 23.2 Å². The molecule has 4 aromatic rings. The van der Waals surface area contributed by atoms with Crippen LogP contribution in [0.2, 0.25) is 0 Å². The van der Waals surface area contributed by atoms with E-state index in [1.54, 1.807) is 11.4 Å². The minimum Gasteiger partial charge on any atom is -0.349 e. The number of fused-ring (bicyclic) bond motifs is 1. The molecule has 0 bridgehead atoms. The van der Waals surface area contributed by atoms with Gasteiger partial charge in [-0.15, -0.1) is 11.3 Å². The molecule has 33 heavy (non-hydrogen) atoms. The molecule has 1 amide bonds. The summed E-state index contributed by atoms with van der Waals surface area (Å²) < 4.78 is 28.6. The molecule has 166 valence electrons. The molecule has 1 unspecified atom stereocenters. The number of halogens is 2. The molecule has 2 N–H and O–H groups in total. The number of nitrogens with zero attached hydrogens (tertiary/aromatic N) is 4. The van der Waals surface area contributed by atoms with Crippen LogP contribution in [0.1, 0.15) is 23.0 Å². The third-order valence-corrected chi connectivity index (χ3v) is 5.50. The lowest BCUT2D eigenvalue weighted by molar-refractivity contribution is -0.124. The lowest BCUT2D eigenvalue weighted by atomic mass is 10.1. The molecule has 0 aliphatic carbocycles.